The molecule has 2 aliphatic heterocycles. The van der Waals surface area contributed by atoms with E-state index in [1.54, 1.807) is 48.1 Å². The van der Waals surface area contributed by atoms with Crippen LogP contribution in [0.1, 0.15) is 103 Å². The highest BCUT2D eigenvalue weighted by Gasteiger charge is 2.33. The Kier molecular flexibility index (Phi) is 11.7. The van der Waals surface area contributed by atoms with Crippen molar-refractivity contribution >= 4 is 40.5 Å². The van der Waals surface area contributed by atoms with Crippen LogP contribution in [-0.4, -0.2) is 95.6 Å². The van der Waals surface area contributed by atoms with Gasteiger partial charge in [0.15, 0.2) is 17.4 Å². The monoisotopic (exact) mass is 869 g/mol. The highest BCUT2D eigenvalue weighted by Crippen LogP contribution is 2.39. The molecule has 0 bridgehead atoms. The number of thiophene rings is 1. The lowest BCUT2D eigenvalue weighted by Crippen LogP contribution is -2.48. The number of halogens is 1. The molecule has 15 nitrogen and oxygen atoms in total. The van der Waals surface area contributed by atoms with E-state index in [1.807, 2.05) is 42.2 Å². The van der Waals surface area contributed by atoms with Crippen molar-refractivity contribution in [3.63, 3.8) is 0 Å². The van der Waals surface area contributed by atoms with Crippen molar-refractivity contribution in [2.24, 2.45) is 4.99 Å². The molecule has 0 spiro atoms. The number of hydrogen-bond acceptors (Lipinski definition) is 13. The average Bonchev–Trinajstić information content (AvgIpc) is 4.00. The number of hydrogen-bond donors (Lipinski definition) is 1. The quantitative estimate of drug-likeness (QED) is 0.154. The van der Waals surface area contributed by atoms with E-state index in [1.165, 1.54) is 4.88 Å². The molecule has 4 aromatic heterocycles. The van der Waals surface area contributed by atoms with Gasteiger partial charge in [0.1, 0.15) is 34.9 Å². The Morgan fingerprint density at radius 2 is 1.76 bits per heavy atom. The minimum absolute atomic E-state index is 0.0109. The highest BCUT2D eigenvalue weighted by atomic mass is 35.5. The van der Waals surface area contributed by atoms with Crippen molar-refractivity contribution < 1.29 is 18.7 Å². The first-order chi connectivity index (χ1) is 30.1. The summed E-state index contributed by atoms with van der Waals surface area (Å²) < 4.78 is 13.8. The molecule has 2 amide bonds. The van der Waals surface area contributed by atoms with Crippen molar-refractivity contribution in [2.45, 2.75) is 77.6 Å². The molecule has 9 rings (SSSR count). The lowest BCUT2D eigenvalue weighted by atomic mass is 9.93. The van der Waals surface area contributed by atoms with Gasteiger partial charge in [-0.1, -0.05) is 23.7 Å². The summed E-state index contributed by atoms with van der Waals surface area (Å²) in [5, 5.41) is 31.2. The zero-order valence-corrected chi connectivity index (χ0v) is 36.1. The van der Waals surface area contributed by atoms with Crippen molar-refractivity contribution in [3.8, 4) is 16.8 Å². The number of piperazine rings is 1. The number of amides is 2. The van der Waals surface area contributed by atoms with Gasteiger partial charge in [0.25, 0.3) is 11.8 Å². The molecule has 1 N–H and O–H groups in total. The zero-order valence-electron chi connectivity index (χ0n) is 34.5. The largest absolute Gasteiger partial charge is 0.490 e. The molecule has 62 heavy (non-hydrogen) atoms. The summed E-state index contributed by atoms with van der Waals surface area (Å²) in [4.78, 5) is 41.8. The summed E-state index contributed by atoms with van der Waals surface area (Å²) in [6, 6.07) is 18.1. The molecular formula is C45H44ClN11O4S. The number of aliphatic imine (C=N–C) groups is 1. The molecule has 2 aromatic carbocycles. The van der Waals surface area contributed by atoms with Crippen molar-refractivity contribution in [1.29, 1.82) is 5.26 Å². The van der Waals surface area contributed by atoms with E-state index in [0.29, 0.717) is 66.9 Å². The molecule has 316 valence electrons. The molecule has 1 aliphatic carbocycles. The Bertz CT molecular complexity index is 2670. The topological polar surface area (TPSA) is 181 Å². The number of ether oxygens (including phenoxy) is 1. The summed E-state index contributed by atoms with van der Waals surface area (Å²) in [5.74, 6) is 2.47. The van der Waals surface area contributed by atoms with Gasteiger partial charge in [0, 0.05) is 66.4 Å². The Hall–Kier alpha value is -6.28. The molecule has 1 saturated heterocycles. The average molecular weight is 870 g/mol. The number of rotatable bonds is 10. The third kappa shape index (κ3) is 8.48. The Morgan fingerprint density at radius 3 is 2.45 bits per heavy atom. The van der Waals surface area contributed by atoms with Gasteiger partial charge in [-0.25, -0.2) is 4.98 Å². The normalized spacial score (nSPS) is 18.9. The predicted molar refractivity (Wildman–Crippen MR) is 232 cm³/mol. The van der Waals surface area contributed by atoms with E-state index in [2.05, 4.69) is 60.1 Å². The number of benzene rings is 2. The molecule has 0 radical (unpaired) electrons. The maximum absolute atomic E-state index is 13.8. The van der Waals surface area contributed by atoms with Crippen LogP contribution in [0.25, 0.3) is 5.00 Å². The van der Waals surface area contributed by atoms with Crippen LogP contribution in [0.15, 0.2) is 76.5 Å². The van der Waals surface area contributed by atoms with Gasteiger partial charge in [0.05, 0.1) is 40.7 Å². The van der Waals surface area contributed by atoms with Gasteiger partial charge in [-0.05, 0) is 88.4 Å². The molecule has 1 atom stereocenters. The minimum Gasteiger partial charge on any atom is -0.490 e. The number of carbonyl (C=O) groups excluding carboxylic acids is 2. The second-order valence-electron chi connectivity index (χ2n) is 15.9. The first kappa shape index (κ1) is 41.1. The van der Waals surface area contributed by atoms with Crippen LogP contribution in [0.5, 0.6) is 5.75 Å². The second-order valence-corrected chi connectivity index (χ2v) is 17.5. The number of nitrogens with one attached hydrogen (secondary N) is 1. The fourth-order valence-electron chi connectivity index (χ4n) is 8.34. The van der Waals surface area contributed by atoms with Crippen LogP contribution < -0.4 is 10.1 Å². The molecule has 17 heteroatoms. The van der Waals surface area contributed by atoms with E-state index in [0.717, 1.165) is 70.4 Å². The van der Waals surface area contributed by atoms with Gasteiger partial charge < -0.3 is 19.4 Å². The smallest absolute Gasteiger partial charge is 0.272 e. The Balaban J connectivity index is 0.780. The molecule has 1 saturated carbocycles. The van der Waals surface area contributed by atoms with Gasteiger partial charge in [0.2, 0.25) is 0 Å². The number of aryl methyl sites for hydroxylation is 2. The standard InChI is InChI=1S/C45H44ClN11O4S/c1-26-27(2)62-45-40(26)41(50-38(23-39-48-16-21-60-39)42-54-51-28(3)57(42)45)29-4-6-30(7-5-29)44(59)56-19-17-55(18-20-56)25-33-11-15-37(53-52-33)43(58)49-32-9-13-34(14-10-32)61-35-12-8-31(24-47)36(46)22-35/h4-8,11-12,15-16,21-22,32,34,38H,9-10,13-14,17-20,23,25H2,1-3H3,(H,49,58)/t32?,34?,38-/m1/s1. The SMILES string of the molecule is Cc1sc2c(c1C)C(c1ccc(C(=O)N3CCN(Cc4ccc(C(=O)NC5CCC(Oc6ccc(C#N)c(Cl)c6)CC5)nn4)CC3)cc1)=N[C@H](Cc1ncco1)c1nnc(C)n1-2. The Labute approximate surface area is 367 Å². The van der Waals surface area contributed by atoms with Crippen LogP contribution >= 0.6 is 22.9 Å². The van der Waals surface area contributed by atoms with E-state index in [-0.39, 0.29) is 35.7 Å². The fourth-order valence-corrected chi connectivity index (χ4v) is 9.76. The van der Waals surface area contributed by atoms with Crippen molar-refractivity contribution in [3.05, 3.63) is 134 Å². The van der Waals surface area contributed by atoms with Gasteiger partial charge >= 0.3 is 0 Å². The van der Waals surface area contributed by atoms with Gasteiger partial charge in [-0.3, -0.25) is 24.0 Å². The highest BCUT2D eigenvalue weighted by molar-refractivity contribution is 7.15. The maximum atomic E-state index is 13.8. The summed E-state index contributed by atoms with van der Waals surface area (Å²) >= 11 is 7.86. The summed E-state index contributed by atoms with van der Waals surface area (Å²) in [6.45, 7) is 9.28. The zero-order chi connectivity index (χ0) is 42.9. The third-order valence-corrected chi connectivity index (χ3v) is 13.4. The maximum Gasteiger partial charge on any atom is 0.272 e. The van der Waals surface area contributed by atoms with Crippen LogP contribution in [0.2, 0.25) is 5.02 Å². The van der Waals surface area contributed by atoms with Crippen LogP contribution in [0, 0.1) is 32.1 Å². The summed E-state index contributed by atoms with van der Waals surface area (Å²) in [6.07, 6.45) is 6.75. The minimum atomic E-state index is -0.378. The number of fused-ring (bicyclic) bond motifs is 3. The van der Waals surface area contributed by atoms with E-state index in [9.17, 15) is 9.59 Å². The third-order valence-electron chi connectivity index (χ3n) is 11.9. The lowest BCUT2D eigenvalue weighted by molar-refractivity contribution is 0.0626. The summed E-state index contributed by atoms with van der Waals surface area (Å²) in [7, 11) is 0. The first-order valence-electron chi connectivity index (χ1n) is 20.7. The summed E-state index contributed by atoms with van der Waals surface area (Å²) in [5.41, 5.74) is 6.01. The van der Waals surface area contributed by atoms with Crippen LogP contribution in [0.4, 0.5) is 0 Å². The number of nitriles is 1. The molecule has 6 aromatic rings. The predicted octanol–water partition coefficient (Wildman–Crippen LogP) is 6.77. The van der Waals surface area contributed by atoms with Crippen LogP contribution in [0.3, 0.4) is 0 Å². The number of aromatic nitrogens is 6. The molecule has 2 fully saturated rings. The van der Waals surface area contributed by atoms with Crippen molar-refractivity contribution in [2.75, 3.05) is 26.2 Å². The molecule has 3 aliphatic rings. The number of oxazole rings is 1. The number of carbonyl (C=O) groups is 2. The van der Waals surface area contributed by atoms with Crippen LogP contribution in [-0.2, 0) is 13.0 Å². The fraction of sp³-hybridized carbons (Fsp3) is 0.356. The molecule has 6 heterocycles. The molecule has 0 unspecified atom stereocenters. The van der Waals surface area contributed by atoms with Gasteiger partial charge in [-0.2, -0.15) is 10.4 Å². The second kappa shape index (κ2) is 17.6. The van der Waals surface area contributed by atoms with E-state index < -0.39 is 0 Å². The Morgan fingerprint density at radius 1 is 0.968 bits per heavy atom. The first-order valence-corrected chi connectivity index (χ1v) is 21.9. The lowest BCUT2D eigenvalue weighted by Gasteiger charge is -2.34. The molecular weight excluding hydrogens is 826 g/mol. The van der Waals surface area contributed by atoms with E-state index >= 15 is 0 Å². The van der Waals surface area contributed by atoms with Crippen molar-refractivity contribution in [1.82, 2.24) is 45.1 Å². The number of nitrogens with zero attached hydrogens (tertiary/aromatic N) is 10. The van der Waals surface area contributed by atoms with Gasteiger partial charge in [-0.15, -0.1) is 26.6 Å². The van der Waals surface area contributed by atoms with E-state index in [4.69, 9.17) is 31.0 Å².